The molecule has 1 aromatic heterocycles. The summed E-state index contributed by atoms with van der Waals surface area (Å²) in [5.74, 6) is 1.21. The van der Waals surface area contributed by atoms with E-state index >= 15 is 0 Å². The third kappa shape index (κ3) is 1.11. The molecule has 3 rings (SSSR count). The van der Waals surface area contributed by atoms with Crippen LogP contribution in [-0.4, -0.2) is 27.5 Å². The van der Waals surface area contributed by atoms with E-state index in [0.717, 1.165) is 32.5 Å². The lowest BCUT2D eigenvalue weighted by Gasteiger charge is -2.21. The average molecular weight is 192 g/mol. The van der Waals surface area contributed by atoms with Crippen molar-refractivity contribution < 1.29 is 0 Å². The van der Waals surface area contributed by atoms with Gasteiger partial charge in [0.05, 0.1) is 11.4 Å². The van der Waals surface area contributed by atoms with E-state index in [1.807, 2.05) is 0 Å². The molecule has 0 aromatic carbocycles. The Balaban J connectivity index is 2.01. The number of fused-ring (bicyclic) bond motifs is 3. The molecule has 0 aliphatic carbocycles. The minimum Gasteiger partial charge on any atom is -0.330 e. The lowest BCUT2D eigenvalue weighted by Crippen LogP contribution is -2.31. The first-order valence-corrected chi connectivity index (χ1v) is 5.25. The summed E-state index contributed by atoms with van der Waals surface area (Å²) in [5, 5.41) is 0. The van der Waals surface area contributed by atoms with Crippen LogP contribution in [0.2, 0.25) is 0 Å². The second-order valence-corrected chi connectivity index (χ2v) is 4.50. The van der Waals surface area contributed by atoms with Gasteiger partial charge in [0, 0.05) is 32.1 Å². The third-order valence-electron chi connectivity index (χ3n) is 3.24. The Morgan fingerprint density at radius 2 is 2.29 bits per heavy atom. The molecule has 2 aliphatic heterocycles. The fourth-order valence-corrected chi connectivity index (χ4v) is 2.51. The van der Waals surface area contributed by atoms with Crippen LogP contribution in [0.15, 0.2) is 0 Å². The fraction of sp³-hybridized carbons (Fsp3) is 0.700. The van der Waals surface area contributed by atoms with Crippen molar-refractivity contribution in [2.75, 3.05) is 7.05 Å². The van der Waals surface area contributed by atoms with E-state index < -0.39 is 0 Å². The molecular weight excluding hydrogens is 176 g/mol. The molecular formula is C10H16N4. The van der Waals surface area contributed by atoms with E-state index in [1.54, 1.807) is 0 Å². The highest BCUT2D eigenvalue weighted by Gasteiger charge is 2.27. The molecule has 4 nitrogen and oxygen atoms in total. The quantitative estimate of drug-likeness (QED) is 0.634. The molecule has 3 heterocycles. The standard InChI is InChI=1S/C10H16N4/c1-13-5-8-9(6-13)14-3-2-7(11)4-10(14)12-8/h7H,2-6,11H2,1H3. The van der Waals surface area contributed by atoms with E-state index in [1.165, 1.54) is 17.2 Å². The Kier molecular flexibility index (Phi) is 1.69. The number of nitrogens with two attached hydrogens (primary N) is 1. The average Bonchev–Trinajstić information content (AvgIpc) is 2.59. The second-order valence-electron chi connectivity index (χ2n) is 4.50. The van der Waals surface area contributed by atoms with E-state index in [2.05, 4.69) is 21.5 Å². The van der Waals surface area contributed by atoms with Crippen LogP contribution in [0.25, 0.3) is 0 Å². The summed E-state index contributed by atoms with van der Waals surface area (Å²) in [7, 11) is 2.14. The number of nitrogens with zero attached hydrogens (tertiary/aromatic N) is 3. The summed E-state index contributed by atoms with van der Waals surface area (Å²) < 4.78 is 2.38. The number of aromatic nitrogens is 2. The summed E-state index contributed by atoms with van der Waals surface area (Å²) in [6, 6.07) is 0.322. The largest absolute Gasteiger partial charge is 0.330 e. The summed E-state index contributed by atoms with van der Waals surface area (Å²) >= 11 is 0. The third-order valence-corrected chi connectivity index (χ3v) is 3.24. The molecule has 2 N–H and O–H groups in total. The van der Waals surface area contributed by atoms with Gasteiger partial charge in [0.15, 0.2) is 0 Å². The van der Waals surface area contributed by atoms with Crippen molar-refractivity contribution in [3.05, 3.63) is 17.2 Å². The zero-order valence-electron chi connectivity index (χ0n) is 8.53. The minimum absolute atomic E-state index is 0.322. The topological polar surface area (TPSA) is 47.1 Å². The predicted octanol–water partition coefficient (Wildman–Crippen LogP) is 0.102. The van der Waals surface area contributed by atoms with Crippen molar-refractivity contribution in [1.29, 1.82) is 0 Å². The van der Waals surface area contributed by atoms with Gasteiger partial charge >= 0.3 is 0 Å². The van der Waals surface area contributed by atoms with Gasteiger partial charge in [-0.25, -0.2) is 4.98 Å². The van der Waals surface area contributed by atoms with Gasteiger partial charge in [-0.15, -0.1) is 0 Å². The lowest BCUT2D eigenvalue weighted by molar-refractivity contribution is 0.335. The first kappa shape index (κ1) is 8.44. The van der Waals surface area contributed by atoms with Crippen LogP contribution in [0, 0.1) is 0 Å². The monoisotopic (exact) mass is 192 g/mol. The Bertz CT molecular complexity index is 368. The van der Waals surface area contributed by atoms with E-state index in [9.17, 15) is 0 Å². The van der Waals surface area contributed by atoms with Crippen LogP contribution in [0.5, 0.6) is 0 Å². The molecule has 76 valence electrons. The van der Waals surface area contributed by atoms with Gasteiger partial charge < -0.3 is 10.3 Å². The number of hydrogen-bond donors (Lipinski definition) is 1. The van der Waals surface area contributed by atoms with Crippen LogP contribution in [0.3, 0.4) is 0 Å². The van der Waals surface area contributed by atoms with Crippen LogP contribution < -0.4 is 5.73 Å². The van der Waals surface area contributed by atoms with Gasteiger partial charge in [0.2, 0.25) is 0 Å². The summed E-state index contributed by atoms with van der Waals surface area (Å²) in [6.07, 6.45) is 2.05. The Hall–Kier alpha value is -0.870. The number of rotatable bonds is 0. The molecule has 4 heteroatoms. The minimum atomic E-state index is 0.322. The normalized spacial score (nSPS) is 26.3. The zero-order valence-corrected chi connectivity index (χ0v) is 8.53. The molecule has 14 heavy (non-hydrogen) atoms. The van der Waals surface area contributed by atoms with E-state index in [0.29, 0.717) is 6.04 Å². The van der Waals surface area contributed by atoms with Gasteiger partial charge in [-0.3, -0.25) is 4.90 Å². The maximum absolute atomic E-state index is 5.93. The maximum Gasteiger partial charge on any atom is 0.110 e. The zero-order chi connectivity index (χ0) is 9.71. The first-order valence-electron chi connectivity index (χ1n) is 5.25. The van der Waals surface area contributed by atoms with Gasteiger partial charge in [0.1, 0.15) is 5.82 Å². The Morgan fingerprint density at radius 1 is 1.43 bits per heavy atom. The highest BCUT2D eigenvalue weighted by molar-refractivity contribution is 5.22. The van der Waals surface area contributed by atoms with Crippen LogP contribution >= 0.6 is 0 Å². The van der Waals surface area contributed by atoms with Crippen LogP contribution in [0.4, 0.5) is 0 Å². The van der Waals surface area contributed by atoms with Crippen molar-refractivity contribution in [2.24, 2.45) is 5.73 Å². The van der Waals surface area contributed by atoms with Crippen molar-refractivity contribution in [1.82, 2.24) is 14.5 Å². The van der Waals surface area contributed by atoms with Crippen molar-refractivity contribution in [3.8, 4) is 0 Å². The molecule has 0 fully saturated rings. The lowest BCUT2D eigenvalue weighted by atomic mass is 10.1. The first-order chi connectivity index (χ1) is 6.74. The molecule has 1 atom stereocenters. The van der Waals surface area contributed by atoms with Gasteiger partial charge in [-0.05, 0) is 13.5 Å². The number of hydrogen-bond acceptors (Lipinski definition) is 3. The summed E-state index contributed by atoms with van der Waals surface area (Å²) in [4.78, 5) is 6.98. The molecule has 0 saturated heterocycles. The molecule has 0 saturated carbocycles. The van der Waals surface area contributed by atoms with Gasteiger partial charge in [-0.2, -0.15) is 0 Å². The van der Waals surface area contributed by atoms with E-state index in [4.69, 9.17) is 5.73 Å². The van der Waals surface area contributed by atoms with Crippen LogP contribution in [-0.2, 0) is 26.1 Å². The molecule has 2 aliphatic rings. The van der Waals surface area contributed by atoms with Crippen molar-refractivity contribution in [2.45, 2.75) is 38.5 Å². The van der Waals surface area contributed by atoms with Crippen molar-refractivity contribution >= 4 is 0 Å². The molecule has 1 unspecified atom stereocenters. The van der Waals surface area contributed by atoms with Gasteiger partial charge in [0.25, 0.3) is 0 Å². The van der Waals surface area contributed by atoms with Crippen molar-refractivity contribution in [3.63, 3.8) is 0 Å². The summed E-state index contributed by atoms with van der Waals surface area (Å²) in [6.45, 7) is 3.12. The molecule has 0 spiro atoms. The molecule has 0 bridgehead atoms. The fourth-order valence-electron chi connectivity index (χ4n) is 2.51. The Morgan fingerprint density at radius 3 is 3.14 bits per heavy atom. The maximum atomic E-state index is 5.93. The van der Waals surface area contributed by atoms with Gasteiger partial charge in [-0.1, -0.05) is 0 Å². The number of imidazole rings is 1. The Labute approximate surface area is 83.7 Å². The van der Waals surface area contributed by atoms with E-state index in [-0.39, 0.29) is 0 Å². The molecule has 0 radical (unpaired) electrons. The second kappa shape index (κ2) is 2.81. The highest BCUT2D eigenvalue weighted by atomic mass is 15.2. The predicted molar refractivity (Wildman–Crippen MR) is 53.7 cm³/mol. The molecule has 1 aromatic rings. The smallest absolute Gasteiger partial charge is 0.110 e. The SMILES string of the molecule is CN1Cc2nc3n(c2C1)CCC(N)C3. The summed E-state index contributed by atoms with van der Waals surface area (Å²) in [5.41, 5.74) is 8.63. The molecule has 0 amide bonds. The highest BCUT2D eigenvalue weighted by Crippen LogP contribution is 2.25. The van der Waals surface area contributed by atoms with Crippen LogP contribution in [0.1, 0.15) is 23.6 Å².